The second-order valence-electron chi connectivity index (χ2n) is 2.75. The summed E-state index contributed by atoms with van der Waals surface area (Å²) in [7, 11) is 0. The first-order chi connectivity index (χ1) is 6.38. The zero-order valence-electron chi connectivity index (χ0n) is 8.12. The summed E-state index contributed by atoms with van der Waals surface area (Å²) in [6, 6.07) is 0. The molecule has 1 heterocycles. The molecule has 1 aromatic heterocycles. The van der Waals surface area contributed by atoms with Gasteiger partial charge in [-0.05, 0) is 47.2 Å². The van der Waals surface area contributed by atoms with Crippen LogP contribution in [0.3, 0.4) is 0 Å². The van der Waals surface area contributed by atoms with E-state index in [2.05, 4.69) is 35.1 Å². The van der Waals surface area contributed by atoms with Crippen LogP contribution < -0.4 is 0 Å². The lowest BCUT2D eigenvalue weighted by Crippen LogP contribution is -1.79. The van der Waals surface area contributed by atoms with E-state index in [1.807, 2.05) is 11.8 Å². The summed E-state index contributed by atoms with van der Waals surface area (Å²) in [5.41, 5.74) is 2.51. The molecule has 0 unspecified atom stereocenters. The molecule has 0 saturated heterocycles. The van der Waals surface area contributed by atoms with Gasteiger partial charge in [-0.1, -0.05) is 13.8 Å². The number of hydrogen-bond acceptors (Lipinski definition) is 3. The summed E-state index contributed by atoms with van der Waals surface area (Å²) < 4.78 is 4.33. The highest BCUT2D eigenvalue weighted by molar-refractivity contribution is 8.02. The molecule has 0 aromatic carbocycles. The molecule has 0 saturated carbocycles. The normalized spacial score (nSPS) is 11.2. The van der Waals surface area contributed by atoms with Crippen molar-refractivity contribution < 1.29 is 0 Å². The summed E-state index contributed by atoms with van der Waals surface area (Å²) >= 11 is 3.40. The van der Waals surface area contributed by atoms with E-state index in [1.54, 1.807) is 11.5 Å². The quantitative estimate of drug-likeness (QED) is 0.690. The minimum atomic E-state index is 1.08. The monoisotopic (exact) mass is 213 g/mol. The lowest BCUT2D eigenvalue weighted by atomic mass is 10.2. The van der Waals surface area contributed by atoms with Crippen LogP contribution >= 0.6 is 23.3 Å². The van der Waals surface area contributed by atoms with Gasteiger partial charge in [0.05, 0.1) is 5.69 Å². The van der Waals surface area contributed by atoms with Gasteiger partial charge in [0, 0.05) is 5.38 Å². The first-order valence-corrected chi connectivity index (χ1v) is 6.48. The molecule has 1 nitrogen and oxygen atoms in total. The van der Waals surface area contributed by atoms with Gasteiger partial charge in [-0.25, -0.2) is 0 Å². The third-order valence-electron chi connectivity index (χ3n) is 1.70. The van der Waals surface area contributed by atoms with Gasteiger partial charge < -0.3 is 0 Å². The van der Waals surface area contributed by atoms with Crippen molar-refractivity contribution in [2.75, 3.05) is 5.75 Å². The molecule has 0 aliphatic rings. The van der Waals surface area contributed by atoms with Crippen LogP contribution in [0.2, 0.25) is 0 Å². The topological polar surface area (TPSA) is 12.9 Å². The number of rotatable bonds is 5. The third-order valence-corrected chi connectivity index (χ3v) is 3.36. The van der Waals surface area contributed by atoms with E-state index in [4.69, 9.17) is 0 Å². The maximum absolute atomic E-state index is 4.33. The van der Waals surface area contributed by atoms with Gasteiger partial charge >= 0.3 is 0 Å². The fourth-order valence-corrected chi connectivity index (χ4v) is 2.32. The standard InChI is InChI=1S/C10H15NS2/c1-3-6-12-7-5-10-9(4-2)8-13-11-10/h5,7-8H,3-4,6H2,1-2H3. The summed E-state index contributed by atoms with van der Waals surface area (Å²) in [4.78, 5) is 0. The molecule has 0 radical (unpaired) electrons. The van der Waals surface area contributed by atoms with Crippen molar-refractivity contribution in [1.29, 1.82) is 0 Å². The number of aryl methyl sites for hydroxylation is 1. The average molecular weight is 213 g/mol. The lowest BCUT2D eigenvalue weighted by molar-refractivity contribution is 1.11. The van der Waals surface area contributed by atoms with E-state index >= 15 is 0 Å². The van der Waals surface area contributed by atoms with Crippen LogP contribution in [-0.2, 0) is 6.42 Å². The SMILES string of the molecule is CCCSC=Cc1nscc1CC. The average Bonchev–Trinajstić information content (AvgIpc) is 2.60. The Hall–Kier alpha value is -0.280. The summed E-state index contributed by atoms with van der Waals surface area (Å²) in [5, 5.41) is 4.28. The zero-order chi connectivity index (χ0) is 9.52. The van der Waals surface area contributed by atoms with Gasteiger partial charge in [0.25, 0.3) is 0 Å². The maximum Gasteiger partial charge on any atom is 0.0805 e. The van der Waals surface area contributed by atoms with Crippen molar-refractivity contribution >= 4 is 29.4 Å². The molecule has 0 aliphatic carbocycles. The second-order valence-corrected chi connectivity index (χ2v) is 4.39. The Labute approximate surface area is 88.4 Å². The van der Waals surface area contributed by atoms with Gasteiger partial charge in [0.1, 0.15) is 0 Å². The number of thioether (sulfide) groups is 1. The number of hydrogen-bond donors (Lipinski definition) is 0. The van der Waals surface area contributed by atoms with Gasteiger partial charge in [-0.15, -0.1) is 11.8 Å². The molecule has 13 heavy (non-hydrogen) atoms. The predicted molar refractivity (Wildman–Crippen MR) is 63.3 cm³/mol. The van der Waals surface area contributed by atoms with Crippen molar-refractivity contribution in [2.24, 2.45) is 0 Å². The zero-order valence-corrected chi connectivity index (χ0v) is 9.75. The summed E-state index contributed by atoms with van der Waals surface area (Å²) in [6.07, 6.45) is 4.43. The predicted octanol–water partition coefficient (Wildman–Crippen LogP) is 3.82. The molecule has 0 N–H and O–H groups in total. The molecule has 1 rings (SSSR count). The molecular formula is C10H15NS2. The molecule has 3 heteroatoms. The number of nitrogens with zero attached hydrogens (tertiary/aromatic N) is 1. The lowest BCUT2D eigenvalue weighted by Gasteiger charge is -1.91. The van der Waals surface area contributed by atoms with Gasteiger partial charge in [-0.2, -0.15) is 4.37 Å². The maximum atomic E-state index is 4.33. The smallest absolute Gasteiger partial charge is 0.0805 e. The first kappa shape index (κ1) is 10.8. The molecule has 0 atom stereocenters. The van der Waals surface area contributed by atoms with Gasteiger partial charge in [0.15, 0.2) is 0 Å². The van der Waals surface area contributed by atoms with E-state index in [0.717, 1.165) is 12.1 Å². The van der Waals surface area contributed by atoms with Crippen LogP contribution in [0.15, 0.2) is 10.8 Å². The summed E-state index contributed by atoms with van der Waals surface area (Å²) in [6.45, 7) is 4.36. The number of aromatic nitrogens is 1. The largest absolute Gasteiger partial charge is 0.193 e. The Morgan fingerprint density at radius 1 is 1.54 bits per heavy atom. The van der Waals surface area contributed by atoms with Gasteiger partial charge in [-0.3, -0.25) is 0 Å². The van der Waals surface area contributed by atoms with Crippen LogP contribution in [-0.4, -0.2) is 10.1 Å². The van der Waals surface area contributed by atoms with Crippen molar-refractivity contribution in [2.45, 2.75) is 26.7 Å². The van der Waals surface area contributed by atoms with Crippen molar-refractivity contribution in [3.05, 3.63) is 22.0 Å². The Kier molecular flexibility index (Phi) is 5.16. The van der Waals surface area contributed by atoms with E-state index in [0.29, 0.717) is 0 Å². The Balaban J connectivity index is 2.47. The molecule has 1 aromatic rings. The van der Waals surface area contributed by atoms with E-state index in [1.165, 1.54) is 17.7 Å². The van der Waals surface area contributed by atoms with Crippen molar-refractivity contribution in [1.82, 2.24) is 4.37 Å². The Bertz CT molecular complexity index is 266. The van der Waals surface area contributed by atoms with Crippen LogP contribution in [0.5, 0.6) is 0 Å². The van der Waals surface area contributed by atoms with E-state index in [9.17, 15) is 0 Å². The fourth-order valence-electron chi connectivity index (χ4n) is 0.966. The van der Waals surface area contributed by atoms with Crippen molar-refractivity contribution in [3.63, 3.8) is 0 Å². The van der Waals surface area contributed by atoms with Crippen LogP contribution in [0.4, 0.5) is 0 Å². The fraction of sp³-hybridized carbons (Fsp3) is 0.500. The highest BCUT2D eigenvalue weighted by atomic mass is 32.2. The molecule has 0 spiro atoms. The Morgan fingerprint density at radius 3 is 3.08 bits per heavy atom. The highest BCUT2D eigenvalue weighted by Gasteiger charge is 1.98. The van der Waals surface area contributed by atoms with E-state index in [-0.39, 0.29) is 0 Å². The first-order valence-electron chi connectivity index (χ1n) is 4.59. The molecule has 72 valence electrons. The third kappa shape index (κ3) is 3.53. The molecule has 0 bridgehead atoms. The van der Waals surface area contributed by atoms with E-state index < -0.39 is 0 Å². The minimum absolute atomic E-state index is 1.08. The second kappa shape index (κ2) is 6.22. The van der Waals surface area contributed by atoms with Crippen LogP contribution in [0.25, 0.3) is 6.08 Å². The highest BCUT2D eigenvalue weighted by Crippen LogP contribution is 2.15. The molecular weight excluding hydrogens is 198 g/mol. The Morgan fingerprint density at radius 2 is 2.38 bits per heavy atom. The molecule has 0 fully saturated rings. The summed E-state index contributed by atoms with van der Waals surface area (Å²) in [5.74, 6) is 1.20. The molecule has 0 aliphatic heterocycles. The van der Waals surface area contributed by atoms with Crippen molar-refractivity contribution in [3.8, 4) is 0 Å². The minimum Gasteiger partial charge on any atom is -0.193 e. The van der Waals surface area contributed by atoms with Crippen LogP contribution in [0, 0.1) is 0 Å². The molecule has 0 amide bonds. The van der Waals surface area contributed by atoms with Gasteiger partial charge in [0.2, 0.25) is 0 Å². The van der Waals surface area contributed by atoms with Crippen LogP contribution in [0.1, 0.15) is 31.5 Å².